The van der Waals surface area contributed by atoms with Gasteiger partial charge in [0.1, 0.15) is 22.9 Å². The third-order valence-corrected chi connectivity index (χ3v) is 9.53. The number of likely N-dealkylation sites (tertiary alicyclic amines) is 1. The number of hydrogen-bond donors (Lipinski definition) is 1. The van der Waals surface area contributed by atoms with Crippen LogP contribution in [0, 0.1) is 5.82 Å². The molecule has 2 aromatic carbocycles. The first-order valence-corrected chi connectivity index (χ1v) is 16.8. The number of piperidine rings is 1. The molecule has 0 aliphatic carbocycles. The van der Waals surface area contributed by atoms with Gasteiger partial charge in [0.2, 0.25) is 0 Å². The highest BCUT2D eigenvalue weighted by Crippen LogP contribution is 2.39. The molecule has 1 saturated heterocycles. The summed E-state index contributed by atoms with van der Waals surface area (Å²) in [5.41, 5.74) is 3.26. The van der Waals surface area contributed by atoms with Crippen LogP contribution in [0.25, 0.3) is 42.9 Å². The summed E-state index contributed by atoms with van der Waals surface area (Å²) in [5.74, 6) is -0.821. The van der Waals surface area contributed by atoms with Crippen molar-refractivity contribution in [3.63, 3.8) is 0 Å². The summed E-state index contributed by atoms with van der Waals surface area (Å²) in [4.78, 5) is 36.6. The maximum Gasteiger partial charge on any atom is 0.410 e. The van der Waals surface area contributed by atoms with E-state index >= 15 is 4.39 Å². The van der Waals surface area contributed by atoms with E-state index in [1.807, 2.05) is 51.2 Å². The number of fused-ring (bicyclic) bond motifs is 1. The third kappa shape index (κ3) is 6.66. The Bertz CT molecular complexity index is 2140. The minimum absolute atomic E-state index is 0.105. The Labute approximate surface area is 286 Å². The molecule has 2 amide bonds. The van der Waals surface area contributed by atoms with Crippen LogP contribution in [0.4, 0.5) is 15.0 Å². The molecule has 11 nitrogen and oxygen atoms in total. The summed E-state index contributed by atoms with van der Waals surface area (Å²) in [6, 6.07) is 16.1. The predicted molar refractivity (Wildman–Crippen MR) is 187 cm³/mol. The van der Waals surface area contributed by atoms with Crippen molar-refractivity contribution in [2.75, 3.05) is 18.0 Å². The molecule has 1 aliphatic rings. The number of hydrogen-bond acceptors (Lipinski definition) is 8. The summed E-state index contributed by atoms with van der Waals surface area (Å²) < 4.78 is 24.0. The maximum absolute atomic E-state index is 15.9. The highest BCUT2D eigenvalue weighted by molar-refractivity contribution is 7.22. The molecule has 0 unspecified atom stereocenters. The zero-order valence-electron chi connectivity index (χ0n) is 27.6. The summed E-state index contributed by atoms with van der Waals surface area (Å²) in [6.07, 6.45) is 7.75. The van der Waals surface area contributed by atoms with Gasteiger partial charge in [-0.2, -0.15) is 5.10 Å². The number of nitrogens with one attached hydrogen (secondary N) is 1. The van der Waals surface area contributed by atoms with Crippen molar-refractivity contribution in [2.24, 2.45) is 7.05 Å². The van der Waals surface area contributed by atoms with Gasteiger partial charge in [-0.05, 0) is 69.0 Å². The first-order valence-electron chi connectivity index (χ1n) is 16.0. The van der Waals surface area contributed by atoms with E-state index in [1.54, 1.807) is 52.8 Å². The molecule has 0 radical (unpaired) electrons. The smallest absolute Gasteiger partial charge is 0.410 e. The van der Waals surface area contributed by atoms with Gasteiger partial charge in [-0.3, -0.25) is 19.5 Å². The molecule has 0 bridgehead atoms. The number of pyridine rings is 1. The topological polar surface area (TPSA) is 122 Å². The lowest BCUT2D eigenvalue weighted by Crippen LogP contribution is -2.53. The SMILES string of the molecule is Cn1cc(-c2ccc(C(=O)N(c3nccc4sc(-c5ccc(-c6cn[nH]c6)cc5)cc34)[C@@H]3CCCN(C(=O)OC(C)(C)C)C3)c(F)c2)nn1. The van der Waals surface area contributed by atoms with Gasteiger partial charge in [-0.15, -0.1) is 16.4 Å². The number of nitrogens with zero attached hydrogens (tertiary/aromatic N) is 7. The molecule has 6 aromatic rings. The van der Waals surface area contributed by atoms with Crippen LogP contribution in [-0.2, 0) is 11.8 Å². The molecule has 1 fully saturated rings. The maximum atomic E-state index is 15.9. The van der Waals surface area contributed by atoms with Gasteiger partial charge in [0.25, 0.3) is 5.91 Å². The summed E-state index contributed by atoms with van der Waals surface area (Å²) in [6.45, 7) is 6.16. The fourth-order valence-corrected chi connectivity index (χ4v) is 7.13. The number of carbonyl (C=O) groups is 2. The highest BCUT2D eigenvalue weighted by atomic mass is 32.1. The summed E-state index contributed by atoms with van der Waals surface area (Å²) in [5, 5.41) is 15.7. The first-order chi connectivity index (χ1) is 23.5. The van der Waals surface area contributed by atoms with Crippen LogP contribution in [0.5, 0.6) is 0 Å². The van der Waals surface area contributed by atoms with E-state index in [0.29, 0.717) is 36.5 Å². The zero-order valence-corrected chi connectivity index (χ0v) is 28.4. The number of amides is 2. The molecule has 1 atom stereocenters. The van der Waals surface area contributed by atoms with E-state index in [0.717, 1.165) is 31.7 Å². The average molecular weight is 679 g/mol. The Morgan fingerprint density at radius 1 is 1.04 bits per heavy atom. The lowest BCUT2D eigenvalue weighted by Gasteiger charge is -2.39. The van der Waals surface area contributed by atoms with Crippen LogP contribution in [0.1, 0.15) is 44.0 Å². The van der Waals surface area contributed by atoms with Crippen LogP contribution >= 0.6 is 11.3 Å². The molecular weight excluding hydrogens is 644 g/mol. The Morgan fingerprint density at radius 3 is 2.51 bits per heavy atom. The Balaban J connectivity index is 1.28. The van der Waals surface area contributed by atoms with Crippen LogP contribution < -0.4 is 4.90 Å². The van der Waals surface area contributed by atoms with Crippen molar-refractivity contribution >= 4 is 39.2 Å². The van der Waals surface area contributed by atoms with E-state index in [9.17, 15) is 9.59 Å². The van der Waals surface area contributed by atoms with Crippen molar-refractivity contribution in [2.45, 2.75) is 45.3 Å². The summed E-state index contributed by atoms with van der Waals surface area (Å²) in [7, 11) is 1.73. The van der Waals surface area contributed by atoms with Gasteiger partial charge < -0.3 is 9.64 Å². The molecule has 4 aromatic heterocycles. The van der Waals surface area contributed by atoms with E-state index in [1.165, 1.54) is 16.8 Å². The fraction of sp³-hybridized carbons (Fsp3) is 0.278. The standard InChI is InChI=1S/C36H35FN8O3S/c1-36(2,3)48-35(47)44-15-5-6-26(20-44)45(34(46)27-12-11-24(16-29(27)37)30-21-43(4)42-41-30)33-28-17-32(49-31(28)13-14-38-33)23-9-7-22(8-10-23)25-18-39-40-19-25/h7-14,16-19,21,26H,5-6,15,20H2,1-4H3,(H,39,40)/t26-/m1/s1. The number of anilines is 1. The number of ether oxygens (including phenoxy) is 1. The molecule has 49 heavy (non-hydrogen) atoms. The number of rotatable bonds is 6. The van der Waals surface area contributed by atoms with Crippen LogP contribution in [-0.4, -0.2) is 71.8 Å². The van der Waals surface area contributed by atoms with Crippen molar-refractivity contribution in [1.29, 1.82) is 0 Å². The predicted octanol–water partition coefficient (Wildman–Crippen LogP) is 7.33. The lowest BCUT2D eigenvalue weighted by molar-refractivity contribution is 0.0196. The number of thiophene rings is 1. The molecule has 1 N–H and O–H groups in total. The highest BCUT2D eigenvalue weighted by Gasteiger charge is 2.36. The molecule has 0 saturated carbocycles. The zero-order chi connectivity index (χ0) is 34.3. The minimum atomic E-state index is -0.686. The minimum Gasteiger partial charge on any atom is -0.444 e. The Hall–Kier alpha value is -5.43. The lowest BCUT2D eigenvalue weighted by atomic mass is 10.0. The van der Waals surface area contributed by atoms with E-state index in [4.69, 9.17) is 9.72 Å². The number of aryl methyl sites for hydroxylation is 1. The number of benzene rings is 2. The molecule has 250 valence electrons. The number of aromatic amines is 1. The Morgan fingerprint density at radius 2 is 1.82 bits per heavy atom. The molecule has 13 heteroatoms. The van der Waals surface area contributed by atoms with Gasteiger partial charge in [-0.1, -0.05) is 35.5 Å². The number of carbonyl (C=O) groups excluding carboxylic acids is 2. The van der Waals surface area contributed by atoms with Gasteiger partial charge in [0.05, 0.1) is 24.0 Å². The van der Waals surface area contributed by atoms with Crippen molar-refractivity contribution < 1.29 is 18.7 Å². The second-order valence-corrected chi connectivity index (χ2v) is 14.2. The average Bonchev–Trinajstić information content (AvgIpc) is 3.86. The number of H-pyrrole nitrogens is 1. The van der Waals surface area contributed by atoms with Crippen LogP contribution in [0.2, 0.25) is 0 Å². The van der Waals surface area contributed by atoms with Gasteiger partial charge in [-0.25, -0.2) is 14.2 Å². The second kappa shape index (κ2) is 12.9. The molecule has 1 aliphatic heterocycles. The normalized spacial score (nSPS) is 15.0. The molecule has 5 heterocycles. The number of halogens is 1. The fourth-order valence-electron chi connectivity index (χ4n) is 6.07. The Kier molecular flexibility index (Phi) is 8.45. The monoisotopic (exact) mass is 678 g/mol. The largest absolute Gasteiger partial charge is 0.444 e. The third-order valence-electron chi connectivity index (χ3n) is 8.38. The summed E-state index contributed by atoms with van der Waals surface area (Å²) >= 11 is 1.59. The quantitative estimate of drug-likeness (QED) is 0.196. The van der Waals surface area contributed by atoms with E-state index in [-0.39, 0.29) is 12.1 Å². The number of aromatic nitrogens is 6. The van der Waals surface area contributed by atoms with E-state index < -0.39 is 29.5 Å². The van der Waals surface area contributed by atoms with Crippen LogP contribution in [0.3, 0.4) is 0 Å². The molecule has 7 rings (SSSR count). The molecular formula is C36H35FN8O3S. The van der Waals surface area contributed by atoms with E-state index in [2.05, 4.69) is 32.6 Å². The van der Waals surface area contributed by atoms with Gasteiger partial charge in [0.15, 0.2) is 0 Å². The van der Waals surface area contributed by atoms with Crippen molar-refractivity contribution in [3.8, 4) is 32.8 Å². The molecule has 0 spiro atoms. The van der Waals surface area contributed by atoms with Gasteiger partial charge in [0, 0.05) is 58.6 Å². The van der Waals surface area contributed by atoms with Crippen LogP contribution in [0.15, 0.2) is 79.4 Å². The first kappa shape index (κ1) is 32.1. The van der Waals surface area contributed by atoms with Crippen molar-refractivity contribution in [3.05, 3.63) is 90.8 Å². The second-order valence-electron chi connectivity index (χ2n) is 13.1. The van der Waals surface area contributed by atoms with Crippen molar-refractivity contribution in [1.82, 2.24) is 35.1 Å². The van der Waals surface area contributed by atoms with Gasteiger partial charge >= 0.3 is 6.09 Å².